The number of hydrogen-bond donors (Lipinski definition) is 1. The standard InChI is InChI=1S/C13H15FN4OS2/c1-8(20-13-17-16-12(15)21-13)11(19)18(2)7-9-4-3-5-10(14)6-9/h3-6,8H,7H2,1-2H3,(H2,15,16). The van der Waals surface area contributed by atoms with Crippen LogP contribution in [-0.2, 0) is 11.3 Å². The number of anilines is 1. The molecule has 1 atom stereocenters. The van der Waals surface area contributed by atoms with Crippen LogP contribution >= 0.6 is 23.1 Å². The lowest BCUT2D eigenvalue weighted by atomic mass is 10.2. The van der Waals surface area contributed by atoms with Gasteiger partial charge in [0.05, 0.1) is 5.25 Å². The number of aromatic nitrogens is 2. The van der Waals surface area contributed by atoms with Gasteiger partial charge in [0, 0.05) is 13.6 Å². The van der Waals surface area contributed by atoms with Gasteiger partial charge in [-0.1, -0.05) is 35.2 Å². The highest BCUT2D eigenvalue weighted by atomic mass is 32.2. The Balaban J connectivity index is 1.95. The number of nitrogens with two attached hydrogens (primary N) is 1. The van der Waals surface area contributed by atoms with Gasteiger partial charge in [-0.05, 0) is 24.6 Å². The Kier molecular flexibility index (Phi) is 5.13. The van der Waals surface area contributed by atoms with Crippen molar-refractivity contribution in [1.29, 1.82) is 0 Å². The van der Waals surface area contributed by atoms with E-state index in [2.05, 4.69) is 10.2 Å². The first-order valence-electron chi connectivity index (χ1n) is 6.21. The van der Waals surface area contributed by atoms with Crippen molar-refractivity contribution in [2.24, 2.45) is 0 Å². The molecule has 1 amide bonds. The fourth-order valence-electron chi connectivity index (χ4n) is 1.77. The van der Waals surface area contributed by atoms with Crippen molar-refractivity contribution in [3.8, 4) is 0 Å². The Morgan fingerprint density at radius 2 is 2.29 bits per heavy atom. The minimum atomic E-state index is -0.309. The van der Waals surface area contributed by atoms with E-state index >= 15 is 0 Å². The first-order chi connectivity index (χ1) is 9.95. The van der Waals surface area contributed by atoms with Gasteiger partial charge in [0.15, 0.2) is 4.34 Å². The second-order valence-electron chi connectivity index (χ2n) is 4.49. The summed E-state index contributed by atoms with van der Waals surface area (Å²) in [6, 6.07) is 6.22. The smallest absolute Gasteiger partial charge is 0.235 e. The van der Waals surface area contributed by atoms with Gasteiger partial charge in [0.1, 0.15) is 5.82 Å². The molecule has 0 aliphatic rings. The number of halogens is 1. The average molecular weight is 326 g/mol. The molecule has 1 heterocycles. The summed E-state index contributed by atoms with van der Waals surface area (Å²) in [6.45, 7) is 2.16. The quantitative estimate of drug-likeness (QED) is 0.854. The van der Waals surface area contributed by atoms with E-state index < -0.39 is 0 Å². The van der Waals surface area contributed by atoms with Crippen molar-refractivity contribution in [2.45, 2.75) is 23.1 Å². The highest BCUT2D eigenvalue weighted by Crippen LogP contribution is 2.28. The lowest BCUT2D eigenvalue weighted by molar-refractivity contribution is -0.129. The van der Waals surface area contributed by atoms with Gasteiger partial charge in [-0.25, -0.2) is 4.39 Å². The van der Waals surface area contributed by atoms with Gasteiger partial charge >= 0.3 is 0 Å². The van der Waals surface area contributed by atoms with E-state index in [1.807, 2.05) is 0 Å². The van der Waals surface area contributed by atoms with Crippen LogP contribution in [-0.4, -0.2) is 33.3 Å². The molecule has 0 aliphatic heterocycles. The van der Waals surface area contributed by atoms with Gasteiger partial charge < -0.3 is 10.6 Å². The number of carbonyl (C=O) groups excluding carboxylic acids is 1. The number of amides is 1. The third-order valence-electron chi connectivity index (χ3n) is 2.73. The maximum absolute atomic E-state index is 13.1. The highest BCUT2D eigenvalue weighted by molar-refractivity contribution is 8.02. The topological polar surface area (TPSA) is 72.1 Å². The molecule has 0 spiro atoms. The van der Waals surface area contributed by atoms with Gasteiger partial charge in [0.25, 0.3) is 0 Å². The Morgan fingerprint density at radius 1 is 1.52 bits per heavy atom. The number of carbonyl (C=O) groups is 1. The molecule has 5 nitrogen and oxygen atoms in total. The zero-order valence-electron chi connectivity index (χ0n) is 11.6. The first kappa shape index (κ1) is 15.7. The van der Waals surface area contributed by atoms with Crippen LogP contribution in [0.5, 0.6) is 0 Å². The summed E-state index contributed by atoms with van der Waals surface area (Å²) in [5.74, 6) is -0.363. The van der Waals surface area contributed by atoms with Crippen LogP contribution in [0, 0.1) is 5.82 Å². The van der Waals surface area contributed by atoms with Gasteiger partial charge in [-0.15, -0.1) is 10.2 Å². The lowest BCUT2D eigenvalue weighted by Gasteiger charge is -2.20. The highest BCUT2D eigenvalue weighted by Gasteiger charge is 2.20. The fraction of sp³-hybridized carbons (Fsp3) is 0.308. The molecule has 21 heavy (non-hydrogen) atoms. The molecule has 0 fully saturated rings. The summed E-state index contributed by atoms with van der Waals surface area (Å²) in [7, 11) is 1.69. The summed E-state index contributed by atoms with van der Waals surface area (Å²) in [5, 5.41) is 7.66. The van der Waals surface area contributed by atoms with Crippen LogP contribution < -0.4 is 5.73 Å². The van der Waals surface area contributed by atoms with E-state index in [-0.39, 0.29) is 17.0 Å². The number of benzene rings is 1. The first-order valence-corrected chi connectivity index (χ1v) is 7.90. The summed E-state index contributed by atoms with van der Waals surface area (Å²) >= 11 is 2.56. The lowest BCUT2D eigenvalue weighted by Crippen LogP contribution is -2.32. The van der Waals surface area contributed by atoms with Crippen molar-refractivity contribution in [3.05, 3.63) is 35.6 Å². The predicted molar refractivity (Wildman–Crippen MR) is 82.5 cm³/mol. The Hall–Kier alpha value is -1.67. The largest absolute Gasteiger partial charge is 0.374 e. The molecule has 1 unspecified atom stereocenters. The molecule has 112 valence electrons. The third kappa shape index (κ3) is 4.40. The van der Waals surface area contributed by atoms with E-state index in [0.717, 1.165) is 5.56 Å². The Bertz CT molecular complexity index is 634. The number of nitrogen functional groups attached to an aromatic ring is 1. The summed E-state index contributed by atoms with van der Waals surface area (Å²) in [6.07, 6.45) is 0. The molecule has 0 bridgehead atoms. The van der Waals surface area contributed by atoms with Gasteiger partial charge in [0.2, 0.25) is 11.0 Å². The van der Waals surface area contributed by atoms with Crippen LogP contribution in [0.1, 0.15) is 12.5 Å². The van der Waals surface area contributed by atoms with Crippen molar-refractivity contribution >= 4 is 34.1 Å². The molecule has 0 radical (unpaired) electrons. The van der Waals surface area contributed by atoms with E-state index in [9.17, 15) is 9.18 Å². The second kappa shape index (κ2) is 6.86. The summed E-state index contributed by atoms with van der Waals surface area (Å²) in [5.41, 5.74) is 6.26. The summed E-state index contributed by atoms with van der Waals surface area (Å²) < 4.78 is 13.8. The van der Waals surface area contributed by atoms with Crippen LogP contribution in [0.3, 0.4) is 0 Å². The molecule has 2 rings (SSSR count). The monoisotopic (exact) mass is 326 g/mol. The minimum Gasteiger partial charge on any atom is -0.374 e. The summed E-state index contributed by atoms with van der Waals surface area (Å²) in [4.78, 5) is 13.8. The second-order valence-corrected chi connectivity index (χ2v) is 7.09. The maximum Gasteiger partial charge on any atom is 0.235 e. The van der Waals surface area contributed by atoms with E-state index in [1.54, 1.807) is 31.0 Å². The van der Waals surface area contributed by atoms with Crippen molar-refractivity contribution < 1.29 is 9.18 Å². The molecule has 0 aliphatic carbocycles. The molecule has 2 N–H and O–H groups in total. The van der Waals surface area contributed by atoms with Crippen LogP contribution in [0.15, 0.2) is 28.6 Å². The zero-order chi connectivity index (χ0) is 15.4. The van der Waals surface area contributed by atoms with Crippen molar-refractivity contribution in [3.63, 3.8) is 0 Å². The number of nitrogens with zero attached hydrogens (tertiary/aromatic N) is 3. The Labute approximate surface area is 130 Å². The predicted octanol–water partition coefficient (Wildman–Crippen LogP) is 2.40. The van der Waals surface area contributed by atoms with E-state index in [1.165, 1.54) is 35.2 Å². The number of thioether (sulfide) groups is 1. The van der Waals surface area contributed by atoms with Gasteiger partial charge in [-0.2, -0.15) is 0 Å². The fourth-order valence-corrected chi connectivity index (χ4v) is 3.66. The normalized spacial score (nSPS) is 12.1. The third-order valence-corrected chi connectivity index (χ3v) is 4.66. The number of rotatable bonds is 5. The van der Waals surface area contributed by atoms with Crippen molar-refractivity contribution in [2.75, 3.05) is 12.8 Å². The molecule has 1 aromatic carbocycles. The molecule has 0 saturated carbocycles. The van der Waals surface area contributed by atoms with Crippen LogP contribution in [0.4, 0.5) is 9.52 Å². The zero-order valence-corrected chi connectivity index (χ0v) is 13.2. The van der Waals surface area contributed by atoms with Gasteiger partial charge in [-0.3, -0.25) is 4.79 Å². The SMILES string of the molecule is CC(Sc1nnc(N)s1)C(=O)N(C)Cc1cccc(F)c1. The maximum atomic E-state index is 13.1. The molecular weight excluding hydrogens is 311 g/mol. The van der Waals surface area contributed by atoms with Crippen LogP contribution in [0.25, 0.3) is 0 Å². The van der Waals surface area contributed by atoms with Crippen molar-refractivity contribution in [1.82, 2.24) is 15.1 Å². The van der Waals surface area contributed by atoms with E-state index in [4.69, 9.17) is 5.73 Å². The average Bonchev–Trinajstić information content (AvgIpc) is 2.83. The number of hydrogen-bond acceptors (Lipinski definition) is 6. The molecule has 2 aromatic rings. The molecule has 1 aromatic heterocycles. The molecular formula is C13H15FN4OS2. The molecule has 0 saturated heterocycles. The van der Waals surface area contributed by atoms with Crippen LogP contribution in [0.2, 0.25) is 0 Å². The minimum absolute atomic E-state index is 0.0574. The molecule has 8 heteroatoms. The van der Waals surface area contributed by atoms with E-state index in [0.29, 0.717) is 16.0 Å². The Morgan fingerprint density at radius 3 is 2.90 bits per heavy atom.